The average Bonchev–Trinajstić information content (AvgIpc) is 2.19. The van der Waals surface area contributed by atoms with E-state index in [-0.39, 0.29) is 11.5 Å². The van der Waals surface area contributed by atoms with Gasteiger partial charge in [-0.25, -0.2) is 8.78 Å². The van der Waals surface area contributed by atoms with Gasteiger partial charge in [-0.1, -0.05) is 0 Å². The van der Waals surface area contributed by atoms with Gasteiger partial charge in [-0.2, -0.15) is 5.26 Å². The molecule has 0 saturated heterocycles. The molecule has 0 N–H and O–H groups in total. The molecule has 0 saturated carbocycles. The summed E-state index contributed by atoms with van der Waals surface area (Å²) in [7, 11) is 2.44. The highest BCUT2D eigenvalue weighted by Gasteiger charge is 2.19. The maximum absolute atomic E-state index is 13.2. The molecule has 0 spiro atoms. The van der Waals surface area contributed by atoms with Gasteiger partial charge >= 0.3 is 0 Å². The van der Waals surface area contributed by atoms with E-state index in [9.17, 15) is 8.78 Å². The quantitative estimate of drug-likeness (QED) is 0.729. The Morgan fingerprint density at radius 1 is 1.14 bits per heavy atom. The van der Waals surface area contributed by atoms with Crippen LogP contribution in [-0.4, -0.2) is 14.2 Å². The highest BCUT2D eigenvalue weighted by atomic mass is 19.1. The summed E-state index contributed by atoms with van der Waals surface area (Å²) in [4.78, 5) is 0. The van der Waals surface area contributed by atoms with Gasteiger partial charge in [0.25, 0.3) is 0 Å². The Kier molecular flexibility index (Phi) is 2.87. The van der Waals surface area contributed by atoms with Crippen LogP contribution < -0.4 is 9.47 Å². The summed E-state index contributed by atoms with van der Waals surface area (Å²) < 4.78 is 35.6. The average molecular weight is 199 g/mol. The standard InChI is InChI=1S/C9H7F2NO2/c1-13-6-3-7(14-2)9(11)5(4-12)8(6)10/h3H,1-2H3. The van der Waals surface area contributed by atoms with Crippen LogP contribution in [0.1, 0.15) is 5.56 Å². The lowest BCUT2D eigenvalue weighted by Crippen LogP contribution is -1.99. The second-order valence-electron chi connectivity index (χ2n) is 2.40. The number of nitriles is 1. The Bertz CT molecular complexity index is 371. The Morgan fingerprint density at radius 3 is 1.86 bits per heavy atom. The normalized spacial score (nSPS) is 9.36. The van der Waals surface area contributed by atoms with Crippen molar-refractivity contribution in [3.05, 3.63) is 23.3 Å². The molecule has 5 heteroatoms. The molecule has 1 aromatic carbocycles. The van der Waals surface area contributed by atoms with Crippen molar-refractivity contribution in [2.75, 3.05) is 14.2 Å². The third kappa shape index (κ3) is 1.46. The van der Waals surface area contributed by atoms with Crippen molar-refractivity contribution in [2.24, 2.45) is 0 Å². The highest BCUT2D eigenvalue weighted by Crippen LogP contribution is 2.30. The molecule has 74 valence electrons. The van der Waals surface area contributed by atoms with E-state index in [4.69, 9.17) is 5.26 Å². The summed E-state index contributed by atoms with van der Waals surface area (Å²) in [6.45, 7) is 0. The van der Waals surface area contributed by atoms with Crippen LogP contribution in [0.5, 0.6) is 11.5 Å². The van der Waals surface area contributed by atoms with Crippen LogP contribution in [0.3, 0.4) is 0 Å². The molecule has 1 rings (SSSR count). The van der Waals surface area contributed by atoms with E-state index in [0.29, 0.717) is 0 Å². The molecule has 0 aliphatic heterocycles. The van der Waals surface area contributed by atoms with E-state index < -0.39 is 17.2 Å². The van der Waals surface area contributed by atoms with E-state index in [1.54, 1.807) is 0 Å². The van der Waals surface area contributed by atoms with Gasteiger partial charge in [-0.3, -0.25) is 0 Å². The summed E-state index contributed by atoms with van der Waals surface area (Å²) in [6, 6.07) is 2.45. The molecule has 0 heterocycles. The molecule has 0 amide bonds. The Hall–Kier alpha value is -1.83. The number of nitrogens with zero attached hydrogens (tertiary/aromatic N) is 1. The molecule has 0 bridgehead atoms. The van der Waals surface area contributed by atoms with Gasteiger partial charge in [0.15, 0.2) is 23.1 Å². The van der Waals surface area contributed by atoms with Gasteiger partial charge in [0.05, 0.1) is 14.2 Å². The molecule has 14 heavy (non-hydrogen) atoms. The van der Waals surface area contributed by atoms with E-state index in [1.807, 2.05) is 0 Å². The third-order valence-electron chi connectivity index (χ3n) is 1.69. The summed E-state index contributed by atoms with van der Waals surface area (Å²) in [5.74, 6) is -2.48. The minimum Gasteiger partial charge on any atom is -0.493 e. The second-order valence-corrected chi connectivity index (χ2v) is 2.40. The fraction of sp³-hybridized carbons (Fsp3) is 0.222. The zero-order valence-electron chi connectivity index (χ0n) is 7.60. The molecule has 1 aromatic rings. The molecule has 0 aliphatic rings. The highest BCUT2D eigenvalue weighted by molar-refractivity contribution is 5.47. The number of ether oxygens (including phenoxy) is 2. The van der Waals surface area contributed by atoms with Crippen molar-refractivity contribution in [1.29, 1.82) is 5.26 Å². The number of rotatable bonds is 2. The Balaban J connectivity index is 3.49. The molecule has 0 radical (unpaired) electrons. The number of hydrogen-bond acceptors (Lipinski definition) is 3. The monoisotopic (exact) mass is 199 g/mol. The van der Waals surface area contributed by atoms with E-state index in [0.717, 1.165) is 6.07 Å². The predicted molar refractivity (Wildman–Crippen MR) is 44.2 cm³/mol. The van der Waals surface area contributed by atoms with Crippen LogP contribution >= 0.6 is 0 Å². The number of halogens is 2. The summed E-state index contributed by atoms with van der Waals surface area (Å²) in [5, 5.41) is 8.50. The zero-order chi connectivity index (χ0) is 10.7. The van der Waals surface area contributed by atoms with Crippen LogP contribution in [0, 0.1) is 23.0 Å². The van der Waals surface area contributed by atoms with Gasteiger partial charge in [-0.15, -0.1) is 0 Å². The van der Waals surface area contributed by atoms with Crippen molar-refractivity contribution < 1.29 is 18.3 Å². The van der Waals surface area contributed by atoms with Crippen molar-refractivity contribution >= 4 is 0 Å². The predicted octanol–water partition coefficient (Wildman–Crippen LogP) is 1.85. The van der Waals surface area contributed by atoms with Crippen LogP contribution in [0.4, 0.5) is 8.78 Å². The number of methoxy groups -OCH3 is 2. The molecule has 0 unspecified atom stereocenters. The molecular weight excluding hydrogens is 192 g/mol. The van der Waals surface area contributed by atoms with Crippen LogP contribution in [0.25, 0.3) is 0 Å². The largest absolute Gasteiger partial charge is 0.493 e. The maximum atomic E-state index is 13.2. The van der Waals surface area contributed by atoms with Gasteiger partial charge in [-0.05, 0) is 0 Å². The number of benzene rings is 1. The van der Waals surface area contributed by atoms with Crippen molar-refractivity contribution in [3.8, 4) is 17.6 Å². The minimum atomic E-state index is -1.02. The third-order valence-corrected chi connectivity index (χ3v) is 1.69. The Labute approximate surface area is 79.5 Å². The topological polar surface area (TPSA) is 42.2 Å². The fourth-order valence-corrected chi connectivity index (χ4v) is 0.984. The van der Waals surface area contributed by atoms with E-state index in [1.165, 1.54) is 20.3 Å². The summed E-state index contributed by atoms with van der Waals surface area (Å²) in [6.07, 6.45) is 0. The van der Waals surface area contributed by atoms with E-state index in [2.05, 4.69) is 9.47 Å². The lowest BCUT2D eigenvalue weighted by atomic mass is 10.2. The van der Waals surface area contributed by atoms with Crippen molar-refractivity contribution in [3.63, 3.8) is 0 Å². The lowest BCUT2D eigenvalue weighted by Gasteiger charge is -2.07. The van der Waals surface area contributed by atoms with Crippen LogP contribution in [0.15, 0.2) is 6.07 Å². The first-order valence-electron chi connectivity index (χ1n) is 3.65. The minimum absolute atomic E-state index is 0.222. The Morgan fingerprint density at radius 2 is 1.57 bits per heavy atom. The van der Waals surface area contributed by atoms with Crippen LogP contribution in [-0.2, 0) is 0 Å². The molecule has 0 atom stereocenters. The van der Waals surface area contributed by atoms with Gasteiger partial charge in [0.1, 0.15) is 11.6 Å². The van der Waals surface area contributed by atoms with Crippen LogP contribution in [0.2, 0.25) is 0 Å². The zero-order valence-corrected chi connectivity index (χ0v) is 7.60. The van der Waals surface area contributed by atoms with Gasteiger partial charge in [0, 0.05) is 6.07 Å². The van der Waals surface area contributed by atoms with Crippen molar-refractivity contribution in [1.82, 2.24) is 0 Å². The first-order chi connectivity index (χ1) is 6.65. The molecule has 3 nitrogen and oxygen atoms in total. The molecule has 0 aliphatic carbocycles. The molecule has 0 fully saturated rings. The first kappa shape index (κ1) is 10.3. The van der Waals surface area contributed by atoms with E-state index >= 15 is 0 Å². The second kappa shape index (κ2) is 3.92. The first-order valence-corrected chi connectivity index (χ1v) is 3.65. The lowest BCUT2D eigenvalue weighted by molar-refractivity contribution is 0.357. The van der Waals surface area contributed by atoms with Crippen molar-refractivity contribution in [2.45, 2.75) is 0 Å². The fourth-order valence-electron chi connectivity index (χ4n) is 0.984. The smallest absolute Gasteiger partial charge is 0.186 e. The maximum Gasteiger partial charge on any atom is 0.186 e. The number of hydrogen-bond donors (Lipinski definition) is 0. The SMILES string of the molecule is COc1cc(OC)c(F)c(C#N)c1F. The molecular formula is C9H7F2NO2. The summed E-state index contributed by atoms with van der Waals surface area (Å²) in [5.41, 5.74) is -0.707. The van der Waals surface area contributed by atoms with Gasteiger partial charge < -0.3 is 9.47 Å². The van der Waals surface area contributed by atoms with Gasteiger partial charge in [0.2, 0.25) is 0 Å². The molecule has 0 aromatic heterocycles. The summed E-state index contributed by atoms with van der Waals surface area (Å²) >= 11 is 0.